The van der Waals surface area contributed by atoms with Crippen LogP contribution in [0.4, 0.5) is 10.1 Å². The van der Waals surface area contributed by atoms with Crippen LogP contribution in [0.1, 0.15) is 26.2 Å². The van der Waals surface area contributed by atoms with E-state index in [1.807, 2.05) is 4.90 Å². The normalized spacial score (nSPS) is 23.2. The topological polar surface area (TPSA) is 40.6 Å². The second kappa shape index (κ2) is 6.07. The molecule has 0 spiro atoms. The van der Waals surface area contributed by atoms with Crippen molar-refractivity contribution >= 4 is 17.5 Å². The number of hydrogen-bond donors (Lipinski definition) is 0. The van der Waals surface area contributed by atoms with Crippen molar-refractivity contribution in [1.82, 2.24) is 4.90 Å². The van der Waals surface area contributed by atoms with Gasteiger partial charge in [0.15, 0.2) is 0 Å². The molecule has 0 aromatic heterocycles. The molecular weight excluding hydrogens is 283 g/mol. The molecule has 2 amide bonds. The van der Waals surface area contributed by atoms with E-state index in [0.29, 0.717) is 18.2 Å². The van der Waals surface area contributed by atoms with Gasteiger partial charge in [0.1, 0.15) is 5.82 Å². The monoisotopic (exact) mass is 304 g/mol. The summed E-state index contributed by atoms with van der Waals surface area (Å²) in [5.74, 6) is 0.0987. The van der Waals surface area contributed by atoms with Crippen molar-refractivity contribution in [2.45, 2.75) is 26.2 Å². The van der Waals surface area contributed by atoms with E-state index in [9.17, 15) is 14.0 Å². The third-order valence-electron chi connectivity index (χ3n) is 4.71. The minimum Gasteiger partial charge on any atom is -0.342 e. The van der Waals surface area contributed by atoms with Crippen LogP contribution < -0.4 is 4.90 Å². The molecule has 3 rings (SSSR count). The highest BCUT2D eigenvalue weighted by Gasteiger charge is 2.37. The van der Waals surface area contributed by atoms with Crippen LogP contribution in [0.5, 0.6) is 0 Å². The van der Waals surface area contributed by atoms with E-state index in [1.165, 1.54) is 12.1 Å². The lowest BCUT2D eigenvalue weighted by Crippen LogP contribution is -2.42. The summed E-state index contributed by atoms with van der Waals surface area (Å²) in [7, 11) is 0. The van der Waals surface area contributed by atoms with Gasteiger partial charge in [-0.3, -0.25) is 9.59 Å². The van der Waals surface area contributed by atoms with Crippen molar-refractivity contribution in [3.8, 4) is 0 Å². The molecular formula is C17H21FN2O2. The van der Waals surface area contributed by atoms with Crippen LogP contribution in [0.15, 0.2) is 24.3 Å². The molecule has 118 valence electrons. The minimum absolute atomic E-state index is 0.0599. The number of carbonyl (C=O) groups is 2. The molecule has 0 radical (unpaired) electrons. The van der Waals surface area contributed by atoms with Crippen molar-refractivity contribution in [3.05, 3.63) is 30.1 Å². The molecule has 2 heterocycles. The molecule has 22 heavy (non-hydrogen) atoms. The van der Waals surface area contributed by atoms with E-state index in [-0.39, 0.29) is 30.0 Å². The van der Waals surface area contributed by atoms with Crippen LogP contribution in [0.3, 0.4) is 0 Å². The molecule has 0 N–H and O–H groups in total. The second-order valence-corrected chi connectivity index (χ2v) is 6.39. The van der Waals surface area contributed by atoms with Gasteiger partial charge in [0.05, 0.1) is 5.92 Å². The first-order chi connectivity index (χ1) is 10.5. The fraction of sp³-hybridized carbons (Fsp3) is 0.529. The fourth-order valence-corrected chi connectivity index (χ4v) is 3.23. The minimum atomic E-state index is -0.328. The van der Waals surface area contributed by atoms with Crippen LogP contribution in [-0.2, 0) is 9.59 Å². The molecule has 0 bridgehead atoms. The Labute approximate surface area is 129 Å². The Hall–Kier alpha value is -1.91. The number of anilines is 1. The summed E-state index contributed by atoms with van der Waals surface area (Å²) in [6.07, 6.45) is 2.32. The zero-order valence-electron chi connectivity index (χ0n) is 12.8. The van der Waals surface area contributed by atoms with Gasteiger partial charge >= 0.3 is 0 Å². The van der Waals surface area contributed by atoms with Crippen LogP contribution in [0.2, 0.25) is 0 Å². The number of halogens is 1. The number of carbonyl (C=O) groups excluding carboxylic acids is 2. The highest BCUT2D eigenvalue weighted by molar-refractivity contribution is 6.00. The maximum Gasteiger partial charge on any atom is 0.228 e. The van der Waals surface area contributed by atoms with E-state index < -0.39 is 0 Å². The molecule has 0 saturated carbocycles. The van der Waals surface area contributed by atoms with Gasteiger partial charge in [0, 0.05) is 31.7 Å². The Bertz CT molecular complexity index is 565. The molecule has 2 fully saturated rings. The van der Waals surface area contributed by atoms with Gasteiger partial charge in [-0.2, -0.15) is 0 Å². The molecule has 2 saturated heterocycles. The summed E-state index contributed by atoms with van der Waals surface area (Å²) in [5.41, 5.74) is 0.661. The van der Waals surface area contributed by atoms with Gasteiger partial charge in [-0.05, 0) is 43.0 Å². The Morgan fingerprint density at radius 2 is 1.82 bits per heavy atom. The first kappa shape index (κ1) is 15.0. The first-order valence-corrected chi connectivity index (χ1v) is 7.89. The lowest BCUT2D eigenvalue weighted by Gasteiger charge is -2.32. The van der Waals surface area contributed by atoms with Gasteiger partial charge in [-0.15, -0.1) is 0 Å². The predicted octanol–water partition coefficient (Wildman–Crippen LogP) is 2.44. The second-order valence-electron chi connectivity index (χ2n) is 6.39. The van der Waals surface area contributed by atoms with Gasteiger partial charge in [-0.1, -0.05) is 6.92 Å². The standard InChI is InChI=1S/C17H21FN2O2/c1-12-6-8-19(9-7-12)17(22)13-10-16(21)20(11-13)15-4-2-14(18)3-5-15/h2-5,12-13H,6-11H2,1H3/t13-/m1/s1. The van der Waals surface area contributed by atoms with Crippen molar-refractivity contribution < 1.29 is 14.0 Å². The van der Waals surface area contributed by atoms with Crippen LogP contribution in [-0.4, -0.2) is 36.3 Å². The maximum absolute atomic E-state index is 13.0. The van der Waals surface area contributed by atoms with Crippen LogP contribution in [0, 0.1) is 17.7 Å². The molecule has 1 atom stereocenters. The number of nitrogens with zero attached hydrogens (tertiary/aromatic N) is 2. The van der Waals surface area contributed by atoms with Crippen molar-refractivity contribution in [2.24, 2.45) is 11.8 Å². The summed E-state index contributed by atoms with van der Waals surface area (Å²) in [6, 6.07) is 5.85. The zero-order chi connectivity index (χ0) is 15.7. The first-order valence-electron chi connectivity index (χ1n) is 7.89. The summed E-state index contributed by atoms with van der Waals surface area (Å²) in [4.78, 5) is 28.2. The third-order valence-corrected chi connectivity index (χ3v) is 4.71. The Kier molecular flexibility index (Phi) is 4.14. The molecule has 1 aromatic rings. The van der Waals surface area contributed by atoms with Crippen molar-refractivity contribution in [1.29, 1.82) is 0 Å². The van der Waals surface area contributed by atoms with Crippen molar-refractivity contribution in [2.75, 3.05) is 24.5 Å². The highest BCUT2D eigenvalue weighted by atomic mass is 19.1. The van der Waals surface area contributed by atoms with E-state index >= 15 is 0 Å². The Balaban J connectivity index is 1.66. The van der Waals surface area contributed by atoms with E-state index in [4.69, 9.17) is 0 Å². The molecule has 0 aliphatic carbocycles. The van der Waals surface area contributed by atoms with Crippen LogP contribution in [0.25, 0.3) is 0 Å². The smallest absolute Gasteiger partial charge is 0.228 e. The molecule has 2 aliphatic heterocycles. The van der Waals surface area contributed by atoms with Gasteiger partial charge < -0.3 is 9.80 Å². The number of rotatable bonds is 2. The average Bonchev–Trinajstić information content (AvgIpc) is 2.90. The van der Waals surface area contributed by atoms with Crippen LogP contribution >= 0.6 is 0 Å². The van der Waals surface area contributed by atoms with Gasteiger partial charge in [0.2, 0.25) is 11.8 Å². The number of benzene rings is 1. The van der Waals surface area contributed by atoms with Gasteiger partial charge in [0.25, 0.3) is 0 Å². The highest BCUT2D eigenvalue weighted by Crippen LogP contribution is 2.27. The molecule has 0 unspecified atom stereocenters. The molecule has 1 aromatic carbocycles. The molecule has 2 aliphatic rings. The lowest BCUT2D eigenvalue weighted by molar-refractivity contribution is -0.137. The Morgan fingerprint density at radius 1 is 1.18 bits per heavy atom. The SMILES string of the molecule is CC1CCN(C(=O)[C@@H]2CC(=O)N(c3ccc(F)cc3)C2)CC1. The van der Waals surface area contributed by atoms with E-state index in [1.54, 1.807) is 17.0 Å². The number of amides is 2. The average molecular weight is 304 g/mol. The van der Waals surface area contributed by atoms with Gasteiger partial charge in [-0.25, -0.2) is 4.39 Å². The Morgan fingerprint density at radius 3 is 2.45 bits per heavy atom. The van der Waals surface area contributed by atoms with E-state index in [2.05, 4.69) is 6.92 Å². The number of likely N-dealkylation sites (tertiary alicyclic amines) is 1. The predicted molar refractivity (Wildman–Crippen MR) is 81.8 cm³/mol. The third kappa shape index (κ3) is 2.98. The lowest BCUT2D eigenvalue weighted by atomic mass is 9.97. The van der Waals surface area contributed by atoms with E-state index in [0.717, 1.165) is 25.9 Å². The molecule has 4 nitrogen and oxygen atoms in total. The summed E-state index contributed by atoms with van der Waals surface area (Å²) >= 11 is 0. The quantitative estimate of drug-likeness (QED) is 0.842. The number of piperidine rings is 1. The summed E-state index contributed by atoms with van der Waals surface area (Å²) in [6.45, 7) is 4.19. The van der Waals surface area contributed by atoms with Crippen molar-refractivity contribution in [3.63, 3.8) is 0 Å². The zero-order valence-corrected chi connectivity index (χ0v) is 12.8. The molecule has 5 heteroatoms. The largest absolute Gasteiger partial charge is 0.342 e. The summed E-state index contributed by atoms with van der Waals surface area (Å²) in [5, 5.41) is 0. The number of hydrogen-bond acceptors (Lipinski definition) is 2. The summed E-state index contributed by atoms with van der Waals surface area (Å²) < 4.78 is 13.0. The maximum atomic E-state index is 13.0. The fourth-order valence-electron chi connectivity index (χ4n) is 3.23.